The van der Waals surface area contributed by atoms with Gasteiger partial charge < -0.3 is 10.2 Å². The van der Waals surface area contributed by atoms with Crippen molar-refractivity contribution in [3.05, 3.63) is 46.6 Å². The number of hydrogen-bond donors (Lipinski definition) is 1. The van der Waals surface area contributed by atoms with Crippen molar-refractivity contribution in [2.24, 2.45) is 0 Å². The molecule has 0 atom stereocenters. The first-order valence-electron chi connectivity index (χ1n) is 9.98. The van der Waals surface area contributed by atoms with Crippen LogP contribution in [-0.2, 0) is 11.3 Å². The molecule has 3 heterocycles. The molecular weight excluding hydrogens is 342 g/mol. The normalized spacial score (nSPS) is 18.1. The van der Waals surface area contributed by atoms with Gasteiger partial charge in [0.15, 0.2) is 0 Å². The maximum absolute atomic E-state index is 13.1. The molecule has 1 amide bonds. The average Bonchev–Trinajstić information content (AvgIpc) is 3.36. The fourth-order valence-electron chi connectivity index (χ4n) is 4.06. The van der Waals surface area contributed by atoms with E-state index < -0.39 is 0 Å². The SMILES string of the molecule is O=C(CCn1nc(C2CCNCC2)n(-c2ccccc2)c1=O)N1CCCC1. The molecule has 4 rings (SSSR count). The summed E-state index contributed by atoms with van der Waals surface area (Å²) in [5.41, 5.74) is 0.692. The lowest BCUT2D eigenvalue weighted by molar-refractivity contribution is -0.130. The fraction of sp³-hybridized carbons (Fsp3) is 0.550. The van der Waals surface area contributed by atoms with Crippen LogP contribution in [0.1, 0.15) is 43.8 Å². The van der Waals surface area contributed by atoms with E-state index in [-0.39, 0.29) is 17.5 Å². The number of para-hydroxylation sites is 1. The minimum atomic E-state index is -0.149. The molecule has 0 spiro atoms. The predicted molar refractivity (Wildman–Crippen MR) is 103 cm³/mol. The largest absolute Gasteiger partial charge is 0.350 e. The van der Waals surface area contributed by atoms with E-state index in [9.17, 15) is 9.59 Å². The number of amides is 1. The lowest BCUT2D eigenvalue weighted by Crippen LogP contribution is -2.31. The molecular formula is C20H27N5O2. The summed E-state index contributed by atoms with van der Waals surface area (Å²) in [6.07, 6.45) is 4.42. The third-order valence-electron chi connectivity index (χ3n) is 5.58. The first kappa shape index (κ1) is 18.0. The number of aromatic nitrogens is 3. The van der Waals surface area contributed by atoms with E-state index in [1.165, 1.54) is 4.68 Å². The summed E-state index contributed by atoms with van der Waals surface area (Å²) >= 11 is 0. The highest BCUT2D eigenvalue weighted by molar-refractivity contribution is 5.76. The Balaban J connectivity index is 1.61. The van der Waals surface area contributed by atoms with Crippen LogP contribution in [0.4, 0.5) is 0 Å². The highest BCUT2D eigenvalue weighted by atomic mass is 16.2. The van der Waals surface area contributed by atoms with E-state index in [2.05, 4.69) is 10.4 Å². The summed E-state index contributed by atoms with van der Waals surface area (Å²) in [5, 5.41) is 8.04. The number of carbonyl (C=O) groups is 1. The smallest absolute Gasteiger partial charge is 0.343 e. The van der Waals surface area contributed by atoms with Crippen molar-refractivity contribution in [2.75, 3.05) is 26.2 Å². The number of carbonyl (C=O) groups excluding carboxylic acids is 1. The fourth-order valence-corrected chi connectivity index (χ4v) is 4.06. The van der Waals surface area contributed by atoms with Gasteiger partial charge in [0.2, 0.25) is 5.91 Å². The number of likely N-dealkylation sites (tertiary alicyclic amines) is 1. The molecule has 27 heavy (non-hydrogen) atoms. The van der Waals surface area contributed by atoms with Gasteiger partial charge >= 0.3 is 5.69 Å². The number of piperidine rings is 1. The zero-order valence-electron chi connectivity index (χ0n) is 15.6. The molecule has 2 saturated heterocycles. The van der Waals surface area contributed by atoms with Gasteiger partial charge in [0.05, 0.1) is 12.2 Å². The maximum atomic E-state index is 13.1. The van der Waals surface area contributed by atoms with Crippen molar-refractivity contribution in [1.29, 1.82) is 0 Å². The van der Waals surface area contributed by atoms with E-state index >= 15 is 0 Å². The van der Waals surface area contributed by atoms with Crippen molar-refractivity contribution in [2.45, 2.75) is 44.6 Å². The molecule has 2 aliphatic heterocycles. The van der Waals surface area contributed by atoms with E-state index in [1.54, 1.807) is 4.57 Å². The highest BCUT2D eigenvalue weighted by Crippen LogP contribution is 2.24. The third kappa shape index (κ3) is 3.83. The van der Waals surface area contributed by atoms with E-state index in [1.807, 2.05) is 35.2 Å². The number of aryl methyl sites for hydroxylation is 1. The van der Waals surface area contributed by atoms with Crippen LogP contribution in [-0.4, -0.2) is 51.3 Å². The van der Waals surface area contributed by atoms with Crippen LogP contribution in [0.3, 0.4) is 0 Å². The lowest BCUT2D eigenvalue weighted by Gasteiger charge is -2.22. The molecule has 2 aromatic rings. The zero-order chi connectivity index (χ0) is 18.6. The zero-order valence-corrected chi connectivity index (χ0v) is 15.6. The van der Waals surface area contributed by atoms with E-state index in [4.69, 9.17) is 0 Å². The van der Waals surface area contributed by atoms with Crippen molar-refractivity contribution >= 4 is 5.91 Å². The Morgan fingerprint density at radius 3 is 2.52 bits per heavy atom. The molecule has 7 nitrogen and oxygen atoms in total. The molecule has 1 aromatic heterocycles. The summed E-state index contributed by atoms with van der Waals surface area (Å²) in [7, 11) is 0. The second-order valence-electron chi connectivity index (χ2n) is 7.40. The molecule has 0 unspecified atom stereocenters. The van der Waals surface area contributed by atoms with Crippen molar-refractivity contribution in [3.63, 3.8) is 0 Å². The first-order valence-corrected chi connectivity index (χ1v) is 9.98. The molecule has 0 saturated carbocycles. The molecule has 2 aliphatic rings. The first-order chi connectivity index (χ1) is 13.2. The minimum Gasteiger partial charge on any atom is -0.343 e. The van der Waals surface area contributed by atoms with Gasteiger partial charge in [-0.1, -0.05) is 18.2 Å². The Labute approximate surface area is 159 Å². The topological polar surface area (TPSA) is 72.2 Å². The van der Waals surface area contributed by atoms with Crippen LogP contribution in [0.15, 0.2) is 35.1 Å². The van der Waals surface area contributed by atoms with Crippen molar-refractivity contribution < 1.29 is 4.79 Å². The van der Waals surface area contributed by atoms with Crippen LogP contribution in [0.5, 0.6) is 0 Å². The standard InChI is InChI=1S/C20H27N5O2/c26-18(23-13-4-5-14-23)10-15-24-20(27)25(17-6-2-1-3-7-17)19(22-24)16-8-11-21-12-9-16/h1-3,6-7,16,21H,4-5,8-15H2. The van der Waals surface area contributed by atoms with Crippen LogP contribution in [0.25, 0.3) is 5.69 Å². The van der Waals surface area contributed by atoms with Gasteiger partial charge in [-0.3, -0.25) is 4.79 Å². The summed E-state index contributed by atoms with van der Waals surface area (Å²) in [4.78, 5) is 27.3. The molecule has 1 aromatic carbocycles. The summed E-state index contributed by atoms with van der Waals surface area (Å²) in [6, 6.07) is 9.68. The Hall–Kier alpha value is -2.41. The van der Waals surface area contributed by atoms with Gasteiger partial charge in [0, 0.05) is 25.4 Å². The van der Waals surface area contributed by atoms with E-state index in [0.29, 0.717) is 13.0 Å². The number of hydrogen-bond acceptors (Lipinski definition) is 4. The molecule has 0 bridgehead atoms. The average molecular weight is 369 g/mol. The van der Waals surface area contributed by atoms with Gasteiger partial charge in [-0.05, 0) is 50.9 Å². The van der Waals surface area contributed by atoms with Crippen LogP contribution < -0.4 is 11.0 Å². The summed E-state index contributed by atoms with van der Waals surface area (Å²) < 4.78 is 3.22. The third-order valence-corrected chi connectivity index (χ3v) is 5.58. The highest BCUT2D eigenvalue weighted by Gasteiger charge is 2.25. The van der Waals surface area contributed by atoms with Gasteiger partial charge in [0.25, 0.3) is 0 Å². The van der Waals surface area contributed by atoms with Gasteiger partial charge in [-0.2, -0.15) is 5.10 Å². The molecule has 1 N–H and O–H groups in total. The van der Waals surface area contributed by atoms with Crippen LogP contribution >= 0.6 is 0 Å². The lowest BCUT2D eigenvalue weighted by atomic mass is 9.97. The number of nitrogens with one attached hydrogen (secondary N) is 1. The molecule has 0 aliphatic carbocycles. The number of nitrogens with zero attached hydrogens (tertiary/aromatic N) is 4. The Kier molecular flexibility index (Phi) is 5.38. The van der Waals surface area contributed by atoms with E-state index in [0.717, 1.165) is 63.4 Å². The van der Waals surface area contributed by atoms with Crippen LogP contribution in [0.2, 0.25) is 0 Å². The number of rotatable bonds is 5. The van der Waals surface area contributed by atoms with Gasteiger partial charge in [-0.15, -0.1) is 0 Å². The number of benzene rings is 1. The molecule has 144 valence electrons. The summed E-state index contributed by atoms with van der Waals surface area (Å²) in [5.74, 6) is 1.20. The van der Waals surface area contributed by atoms with Crippen molar-refractivity contribution in [1.82, 2.24) is 24.6 Å². The summed E-state index contributed by atoms with van der Waals surface area (Å²) in [6.45, 7) is 3.90. The second kappa shape index (κ2) is 8.08. The Bertz CT molecular complexity index is 830. The van der Waals surface area contributed by atoms with Gasteiger partial charge in [-0.25, -0.2) is 14.0 Å². The molecule has 7 heteroatoms. The molecule has 0 radical (unpaired) electrons. The van der Waals surface area contributed by atoms with Crippen LogP contribution in [0, 0.1) is 0 Å². The monoisotopic (exact) mass is 369 g/mol. The Morgan fingerprint density at radius 2 is 1.81 bits per heavy atom. The van der Waals surface area contributed by atoms with Gasteiger partial charge in [0.1, 0.15) is 5.82 Å². The minimum absolute atomic E-state index is 0.122. The quantitative estimate of drug-likeness (QED) is 0.867. The Morgan fingerprint density at radius 1 is 1.11 bits per heavy atom. The molecule has 2 fully saturated rings. The predicted octanol–water partition coefficient (Wildman–Crippen LogP) is 1.51. The van der Waals surface area contributed by atoms with Crippen molar-refractivity contribution in [3.8, 4) is 5.69 Å². The second-order valence-corrected chi connectivity index (χ2v) is 7.40. The maximum Gasteiger partial charge on any atom is 0.350 e.